The van der Waals surface area contributed by atoms with Gasteiger partial charge in [-0.25, -0.2) is 4.79 Å². The molecule has 1 aromatic carbocycles. The Hall–Kier alpha value is -2.45. The highest BCUT2D eigenvalue weighted by atomic mass is 16.8. The van der Waals surface area contributed by atoms with Gasteiger partial charge in [-0.1, -0.05) is 49.4 Å². The highest BCUT2D eigenvalue weighted by Crippen LogP contribution is 2.25. The molecule has 1 fully saturated rings. The van der Waals surface area contributed by atoms with Crippen LogP contribution in [0.15, 0.2) is 30.3 Å². The Morgan fingerprint density at radius 3 is 2.31 bits per heavy atom. The molecule has 2 atom stereocenters. The van der Waals surface area contributed by atoms with Gasteiger partial charge in [0, 0.05) is 12.3 Å². The van der Waals surface area contributed by atoms with Gasteiger partial charge in [-0.3, -0.25) is 20.0 Å². The van der Waals surface area contributed by atoms with Crippen LogP contribution in [0.3, 0.4) is 0 Å². The van der Waals surface area contributed by atoms with Crippen LogP contribution in [0.1, 0.15) is 64.0 Å². The molecule has 29 heavy (non-hydrogen) atoms. The Kier molecular flexibility index (Phi) is 8.60. The predicted octanol–water partition coefficient (Wildman–Crippen LogP) is 2.99. The Morgan fingerprint density at radius 1 is 1.14 bits per heavy atom. The highest BCUT2D eigenvalue weighted by Gasteiger charge is 2.32. The first-order valence-electron chi connectivity index (χ1n) is 10.0. The number of amides is 2. The van der Waals surface area contributed by atoms with Crippen molar-refractivity contribution in [3.05, 3.63) is 35.9 Å². The van der Waals surface area contributed by atoms with Gasteiger partial charge in [0.05, 0.1) is 0 Å². The van der Waals surface area contributed by atoms with Gasteiger partial charge in [-0.05, 0) is 43.6 Å². The standard InChI is InChI=1S/C21H30N2O6/c1-14(2)12-16(13-18(24)23(27)28)20(25)22-19(15-8-4-3-5-9-15)21(26)29-17-10-6-7-11-17/h3-5,8-9,14,16-17,19,27-28H,6-7,10-13H2,1-2H3,(H,22,25)/t16-,19?/m1/s1. The van der Waals surface area contributed by atoms with Crippen LogP contribution in [0.5, 0.6) is 0 Å². The number of nitrogens with zero attached hydrogens (tertiary/aromatic N) is 1. The van der Waals surface area contributed by atoms with Crippen molar-refractivity contribution in [1.82, 2.24) is 10.5 Å². The molecule has 0 radical (unpaired) electrons. The topological polar surface area (TPSA) is 116 Å². The Balaban J connectivity index is 2.16. The van der Waals surface area contributed by atoms with Gasteiger partial charge in [-0.15, -0.1) is 0 Å². The smallest absolute Gasteiger partial charge is 0.333 e. The van der Waals surface area contributed by atoms with Gasteiger partial charge >= 0.3 is 5.97 Å². The number of carbonyl (C=O) groups excluding carboxylic acids is 3. The first-order chi connectivity index (χ1) is 13.8. The summed E-state index contributed by atoms with van der Waals surface area (Å²) >= 11 is 0. The average Bonchev–Trinajstić information content (AvgIpc) is 3.18. The van der Waals surface area contributed by atoms with E-state index < -0.39 is 35.0 Å². The second-order valence-corrected chi connectivity index (χ2v) is 7.91. The van der Waals surface area contributed by atoms with E-state index in [1.54, 1.807) is 24.3 Å². The van der Waals surface area contributed by atoms with Crippen LogP contribution in [0.25, 0.3) is 0 Å². The van der Waals surface area contributed by atoms with E-state index in [4.69, 9.17) is 15.2 Å². The predicted molar refractivity (Wildman–Crippen MR) is 104 cm³/mol. The summed E-state index contributed by atoms with van der Waals surface area (Å²) in [5.74, 6) is -2.75. The van der Waals surface area contributed by atoms with Crippen molar-refractivity contribution in [3.63, 3.8) is 0 Å². The van der Waals surface area contributed by atoms with E-state index in [9.17, 15) is 14.4 Å². The normalized spacial score (nSPS) is 16.3. The van der Waals surface area contributed by atoms with Crippen molar-refractivity contribution >= 4 is 17.8 Å². The van der Waals surface area contributed by atoms with E-state index in [-0.39, 0.29) is 18.4 Å². The number of hydrogen-bond donors (Lipinski definition) is 3. The van der Waals surface area contributed by atoms with E-state index in [2.05, 4.69) is 5.32 Å². The third kappa shape index (κ3) is 7.14. The third-order valence-electron chi connectivity index (χ3n) is 5.01. The summed E-state index contributed by atoms with van der Waals surface area (Å²) in [6, 6.07) is 7.80. The molecular formula is C21H30N2O6. The molecule has 8 heteroatoms. The number of rotatable bonds is 9. The van der Waals surface area contributed by atoms with Crippen molar-refractivity contribution in [2.75, 3.05) is 0 Å². The molecule has 1 aliphatic carbocycles. The number of ether oxygens (including phenoxy) is 1. The second kappa shape index (κ2) is 10.9. The molecule has 0 aromatic heterocycles. The number of hydrogen-bond acceptors (Lipinski definition) is 6. The number of esters is 1. The van der Waals surface area contributed by atoms with Gasteiger partial charge in [0.25, 0.3) is 5.91 Å². The molecule has 0 heterocycles. The molecule has 1 aliphatic rings. The highest BCUT2D eigenvalue weighted by molar-refractivity contribution is 5.89. The minimum Gasteiger partial charge on any atom is -0.461 e. The van der Waals surface area contributed by atoms with E-state index >= 15 is 0 Å². The lowest BCUT2D eigenvalue weighted by Crippen LogP contribution is -2.41. The monoisotopic (exact) mass is 406 g/mol. The fourth-order valence-corrected chi connectivity index (χ4v) is 3.57. The van der Waals surface area contributed by atoms with Crippen LogP contribution in [0.4, 0.5) is 0 Å². The molecule has 1 saturated carbocycles. The maximum Gasteiger partial charge on any atom is 0.333 e. The molecular weight excluding hydrogens is 376 g/mol. The minimum absolute atomic E-state index is 0.0880. The zero-order valence-corrected chi connectivity index (χ0v) is 16.9. The summed E-state index contributed by atoms with van der Waals surface area (Å²) in [4.78, 5) is 37.4. The maximum absolute atomic E-state index is 12.9. The van der Waals surface area contributed by atoms with Gasteiger partial charge in [0.2, 0.25) is 5.91 Å². The Morgan fingerprint density at radius 2 is 1.76 bits per heavy atom. The van der Waals surface area contributed by atoms with E-state index in [1.165, 1.54) is 0 Å². The zero-order valence-electron chi connectivity index (χ0n) is 16.9. The van der Waals surface area contributed by atoms with Gasteiger partial charge < -0.3 is 10.1 Å². The number of benzene rings is 1. The van der Waals surface area contributed by atoms with Crippen LogP contribution >= 0.6 is 0 Å². The van der Waals surface area contributed by atoms with E-state index in [0.717, 1.165) is 25.7 Å². The van der Waals surface area contributed by atoms with Crippen molar-refractivity contribution in [1.29, 1.82) is 0 Å². The van der Waals surface area contributed by atoms with Crippen molar-refractivity contribution < 1.29 is 29.5 Å². The van der Waals surface area contributed by atoms with Gasteiger partial charge in [-0.2, -0.15) is 0 Å². The van der Waals surface area contributed by atoms with Crippen LogP contribution in [-0.4, -0.2) is 39.5 Å². The second-order valence-electron chi connectivity index (χ2n) is 7.91. The quantitative estimate of drug-likeness (QED) is 0.330. The van der Waals surface area contributed by atoms with Crippen molar-refractivity contribution in [3.8, 4) is 0 Å². The third-order valence-corrected chi connectivity index (χ3v) is 5.01. The molecule has 8 nitrogen and oxygen atoms in total. The first-order valence-corrected chi connectivity index (χ1v) is 10.0. The molecule has 2 rings (SSSR count). The molecule has 0 spiro atoms. The molecule has 3 N–H and O–H groups in total. The lowest BCUT2D eigenvalue weighted by molar-refractivity contribution is -0.285. The average molecular weight is 406 g/mol. The van der Waals surface area contributed by atoms with Gasteiger partial charge in [0.1, 0.15) is 6.10 Å². The van der Waals surface area contributed by atoms with Crippen LogP contribution in [0.2, 0.25) is 0 Å². The summed E-state index contributed by atoms with van der Waals surface area (Å²) in [6.45, 7) is 3.78. The van der Waals surface area contributed by atoms with Crippen molar-refractivity contribution in [2.24, 2.45) is 11.8 Å². The zero-order chi connectivity index (χ0) is 21.4. The SMILES string of the molecule is CC(C)C[C@H](CC(=O)N(O)O)C(=O)NC(C(=O)OC1CCCC1)c1ccccc1. The van der Waals surface area contributed by atoms with Crippen LogP contribution in [0, 0.1) is 11.8 Å². The lowest BCUT2D eigenvalue weighted by atomic mass is 9.92. The number of nitrogens with one attached hydrogen (secondary N) is 1. The van der Waals surface area contributed by atoms with E-state index in [0.29, 0.717) is 12.0 Å². The fourth-order valence-electron chi connectivity index (χ4n) is 3.57. The largest absolute Gasteiger partial charge is 0.461 e. The Bertz CT molecular complexity index is 686. The molecule has 0 saturated heterocycles. The number of carbonyl (C=O) groups is 3. The Labute approximate surface area is 170 Å². The maximum atomic E-state index is 12.9. The summed E-state index contributed by atoms with van der Waals surface area (Å²) in [7, 11) is 0. The van der Waals surface area contributed by atoms with Crippen molar-refractivity contribution in [2.45, 2.75) is 64.5 Å². The first kappa shape index (κ1) is 22.8. The minimum atomic E-state index is -0.992. The van der Waals surface area contributed by atoms with Crippen LogP contribution < -0.4 is 5.32 Å². The lowest BCUT2D eigenvalue weighted by Gasteiger charge is -2.24. The fraction of sp³-hybridized carbons (Fsp3) is 0.571. The molecule has 2 amide bonds. The summed E-state index contributed by atoms with van der Waals surface area (Å²) in [6.07, 6.45) is 3.48. The summed E-state index contributed by atoms with van der Waals surface area (Å²) in [5, 5.41) is 20.1. The molecule has 1 aromatic rings. The molecule has 0 bridgehead atoms. The summed E-state index contributed by atoms with van der Waals surface area (Å²) < 4.78 is 5.60. The van der Waals surface area contributed by atoms with Crippen LogP contribution in [-0.2, 0) is 19.1 Å². The van der Waals surface area contributed by atoms with Gasteiger partial charge in [0.15, 0.2) is 6.04 Å². The number of hydroxylamine groups is 2. The molecule has 1 unspecified atom stereocenters. The van der Waals surface area contributed by atoms with E-state index in [1.807, 2.05) is 19.9 Å². The molecule has 160 valence electrons. The molecule has 0 aliphatic heterocycles. The summed E-state index contributed by atoms with van der Waals surface area (Å²) in [5.41, 5.74) is 0.587.